The SMILES string of the molecule is CC(C)c1ccc(SN2CCCC(C(C)C)C2)cc1. The maximum Gasteiger partial charge on any atom is 0.0230 e. The van der Waals surface area contributed by atoms with E-state index < -0.39 is 0 Å². The van der Waals surface area contributed by atoms with Crippen molar-refractivity contribution in [1.29, 1.82) is 0 Å². The molecule has 1 aromatic rings. The van der Waals surface area contributed by atoms with Crippen molar-refractivity contribution in [2.24, 2.45) is 11.8 Å². The van der Waals surface area contributed by atoms with Gasteiger partial charge in [0.2, 0.25) is 0 Å². The molecule has 0 spiro atoms. The van der Waals surface area contributed by atoms with Gasteiger partial charge in [-0.25, -0.2) is 4.31 Å². The van der Waals surface area contributed by atoms with Crippen molar-refractivity contribution in [3.8, 4) is 0 Å². The fourth-order valence-corrected chi connectivity index (χ4v) is 3.71. The van der Waals surface area contributed by atoms with Crippen LogP contribution in [0.5, 0.6) is 0 Å². The molecular weight excluding hydrogens is 250 g/mol. The Balaban J connectivity index is 1.93. The van der Waals surface area contributed by atoms with Crippen molar-refractivity contribution in [3.63, 3.8) is 0 Å². The molecular formula is C17H27NS. The van der Waals surface area contributed by atoms with Crippen molar-refractivity contribution < 1.29 is 0 Å². The number of hydrogen-bond donors (Lipinski definition) is 0. The van der Waals surface area contributed by atoms with Crippen molar-refractivity contribution >= 4 is 11.9 Å². The molecule has 19 heavy (non-hydrogen) atoms. The number of hydrogen-bond acceptors (Lipinski definition) is 2. The summed E-state index contributed by atoms with van der Waals surface area (Å²) >= 11 is 1.94. The van der Waals surface area contributed by atoms with Gasteiger partial charge in [-0.1, -0.05) is 39.8 Å². The molecule has 106 valence electrons. The molecule has 1 aliphatic rings. The molecule has 0 amide bonds. The van der Waals surface area contributed by atoms with E-state index in [9.17, 15) is 0 Å². The smallest absolute Gasteiger partial charge is 0.0230 e. The topological polar surface area (TPSA) is 3.24 Å². The van der Waals surface area contributed by atoms with Crippen LogP contribution in [0, 0.1) is 11.8 Å². The Morgan fingerprint density at radius 3 is 2.37 bits per heavy atom. The normalized spacial score (nSPS) is 21.3. The van der Waals surface area contributed by atoms with E-state index in [1.54, 1.807) is 0 Å². The van der Waals surface area contributed by atoms with Crippen LogP contribution >= 0.6 is 11.9 Å². The first-order chi connectivity index (χ1) is 9.06. The first-order valence-corrected chi connectivity index (χ1v) is 8.36. The summed E-state index contributed by atoms with van der Waals surface area (Å²) in [6.07, 6.45) is 2.75. The van der Waals surface area contributed by atoms with Gasteiger partial charge in [0.1, 0.15) is 0 Å². The van der Waals surface area contributed by atoms with Gasteiger partial charge in [0, 0.05) is 18.0 Å². The van der Waals surface area contributed by atoms with Crippen LogP contribution in [-0.2, 0) is 0 Å². The number of benzene rings is 1. The van der Waals surface area contributed by atoms with E-state index >= 15 is 0 Å². The van der Waals surface area contributed by atoms with E-state index in [1.807, 2.05) is 11.9 Å². The third-order valence-corrected chi connectivity index (χ3v) is 5.22. The fourth-order valence-electron chi connectivity index (χ4n) is 2.66. The molecule has 0 saturated carbocycles. The fraction of sp³-hybridized carbons (Fsp3) is 0.647. The number of nitrogens with zero attached hydrogens (tertiary/aromatic N) is 1. The van der Waals surface area contributed by atoms with Crippen LogP contribution < -0.4 is 0 Å². The molecule has 1 unspecified atom stereocenters. The summed E-state index contributed by atoms with van der Waals surface area (Å²) in [5, 5.41) is 0. The van der Waals surface area contributed by atoms with E-state index in [1.165, 1.54) is 36.4 Å². The Hall–Kier alpha value is -0.470. The van der Waals surface area contributed by atoms with Crippen LogP contribution in [0.4, 0.5) is 0 Å². The molecule has 2 rings (SSSR count). The predicted molar refractivity (Wildman–Crippen MR) is 85.5 cm³/mol. The lowest BCUT2D eigenvalue weighted by atomic mass is 9.89. The van der Waals surface area contributed by atoms with Gasteiger partial charge in [-0.05, 0) is 60.2 Å². The Bertz CT molecular complexity index is 383. The molecule has 1 fully saturated rings. The largest absolute Gasteiger partial charge is 0.246 e. The second-order valence-electron chi connectivity index (χ2n) is 6.35. The first kappa shape index (κ1) is 14.9. The summed E-state index contributed by atoms with van der Waals surface area (Å²) in [6, 6.07) is 9.10. The average molecular weight is 277 g/mol. The minimum absolute atomic E-state index is 0.624. The predicted octanol–water partition coefficient (Wildman–Crippen LogP) is 5.19. The highest BCUT2D eigenvalue weighted by Crippen LogP contribution is 2.31. The van der Waals surface area contributed by atoms with E-state index in [4.69, 9.17) is 0 Å². The lowest BCUT2D eigenvalue weighted by Gasteiger charge is -2.33. The van der Waals surface area contributed by atoms with Crippen LogP contribution in [0.25, 0.3) is 0 Å². The zero-order chi connectivity index (χ0) is 13.8. The lowest BCUT2D eigenvalue weighted by Crippen LogP contribution is -2.32. The molecule has 0 aromatic heterocycles. The Labute approximate surface area is 122 Å². The zero-order valence-electron chi connectivity index (χ0n) is 12.7. The van der Waals surface area contributed by atoms with Crippen LogP contribution in [0.2, 0.25) is 0 Å². The van der Waals surface area contributed by atoms with Crippen molar-refractivity contribution in [3.05, 3.63) is 29.8 Å². The first-order valence-electron chi connectivity index (χ1n) is 7.59. The van der Waals surface area contributed by atoms with Gasteiger partial charge in [-0.3, -0.25) is 0 Å². The third kappa shape index (κ3) is 4.25. The molecule has 1 aromatic carbocycles. The molecule has 1 aliphatic heterocycles. The quantitative estimate of drug-likeness (QED) is 0.697. The standard InChI is InChI=1S/C17H27NS/c1-13(2)15-7-9-17(10-8-15)19-18-11-5-6-16(12-18)14(3)4/h7-10,13-14,16H,5-6,11-12H2,1-4H3. The second-order valence-corrected chi connectivity index (χ2v) is 7.52. The average Bonchev–Trinajstić information content (AvgIpc) is 2.39. The maximum atomic E-state index is 2.55. The molecule has 0 bridgehead atoms. The van der Waals surface area contributed by atoms with Gasteiger partial charge in [0.25, 0.3) is 0 Å². The third-order valence-electron chi connectivity index (χ3n) is 4.14. The highest BCUT2D eigenvalue weighted by atomic mass is 32.2. The summed E-state index contributed by atoms with van der Waals surface area (Å²) in [7, 11) is 0. The van der Waals surface area contributed by atoms with E-state index in [2.05, 4.69) is 56.3 Å². The molecule has 2 heteroatoms. The summed E-state index contributed by atoms with van der Waals surface area (Å²) in [6.45, 7) is 11.7. The zero-order valence-corrected chi connectivity index (χ0v) is 13.5. The Kier molecular flexibility index (Phi) is 5.35. The van der Waals surface area contributed by atoms with Gasteiger partial charge >= 0.3 is 0 Å². The molecule has 1 saturated heterocycles. The van der Waals surface area contributed by atoms with Gasteiger partial charge in [-0.15, -0.1) is 0 Å². The molecule has 0 N–H and O–H groups in total. The molecule has 0 aliphatic carbocycles. The van der Waals surface area contributed by atoms with Gasteiger partial charge in [-0.2, -0.15) is 0 Å². The van der Waals surface area contributed by atoms with Crippen LogP contribution in [0.1, 0.15) is 52.0 Å². The molecule has 0 radical (unpaired) electrons. The van der Waals surface area contributed by atoms with Gasteiger partial charge in [0.15, 0.2) is 0 Å². The van der Waals surface area contributed by atoms with Crippen molar-refractivity contribution in [1.82, 2.24) is 4.31 Å². The van der Waals surface area contributed by atoms with E-state index in [0.29, 0.717) is 5.92 Å². The summed E-state index contributed by atoms with van der Waals surface area (Å²) in [5.41, 5.74) is 1.43. The van der Waals surface area contributed by atoms with Gasteiger partial charge in [0.05, 0.1) is 0 Å². The van der Waals surface area contributed by atoms with Gasteiger partial charge < -0.3 is 0 Å². The second kappa shape index (κ2) is 6.81. The minimum atomic E-state index is 0.624. The molecule has 1 nitrogen and oxygen atoms in total. The highest BCUT2D eigenvalue weighted by molar-refractivity contribution is 7.97. The summed E-state index contributed by atoms with van der Waals surface area (Å²) in [5.74, 6) is 2.31. The monoisotopic (exact) mass is 277 g/mol. The number of rotatable bonds is 4. The lowest BCUT2D eigenvalue weighted by molar-refractivity contribution is 0.231. The number of piperidine rings is 1. The van der Waals surface area contributed by atoms with Crippen LogP contribution in [0.3, 0.4) is 0 Å². The van der Waals surface area contributed by atoms with Crippen LogP contribution in [0.15, 0.2) is 29.2 Å². The molecule has 1 atom stereocenters. The minimum Gasteiger partial charge on any atom is -0.246 e. The van der Waals surface area contributed by atoms with Crippen LogP contribution in [-0.4, -0.2) is 17.4 Å². The summed E-state index contributed by atoms with van der Waals surface area (Å²) < 4.78 is 2.55. The van der Waals surface area contributed by atoms with Crippen molar-refractivity contribution in [2.75, 3.05) is 13.1 Å². The maximum absolute atomic E-state index is 2.55. The molecule has 1 heterocycles. The van der Waals surface area contributed by atoms with E-state index in [-0.39, 0.29) is 0 Å². The van der Waals surface area contributed by atoms with Crippen molar-refractivity contribution in [2.45, 2.75) is 51.3 Å². The summed E-state index contributed by atoms with van der Waals surface area (Å²) in [4.78, 5) is 1.38. The Morgan fingerprint density at radius 2 is 1.79 bits per heavy atom. The Morgan fingerprint density at radius 1 is 1.11 bits per heavy atom. The van der Waals surface area contributed by atoms with E-state index in [0.717, 1.165) is 11.8 Å². The highest BCUT2D eigenvalue weighted by Gasteiger charge is 2.22.